The Morgan fingerprint density at radius 3 is 2.62 bits per heavy atom. The number of benzene rings is 1. The van der Waals surface area contributed by atoms with Gasteiger partial charge in [0.15, 0.2) is 0 Å². The number of ether oxygens (including phenoxy) is 1. The average Bonchev–Trinajstić information content (AvgIpc) is 3.48. The highest BCUT2D eigenvalue weighted by molar-refractivity contribution is 5.98. The zero-order valence-corrected chi connectivity index (χ0v) is 19.4. The van der Waals surface area contributed by atoms with Crippen molar-refractivity contribution < 1.29 is 14.3 Å². The number of nitrogens with zero attached hydrogens (tertiary/aromatic N) is 2. The monoisotopic (exact) mass is 440 g/mol. The summed E-state index contributed by atoms with van der Waals surface area (Å²) in [5.74, 6) is 1.29. The molecule has 1 atom stereocenters. The number of nitrogens with one attached hydrogen (secondary N) is 2. The van der Waals surface area contributed by atoms with Gasteiger partial charge in [-0.25, -0.2) is 0 Å². The fraction of sp³-hybridized carbons (Fsp3) is 0.600. The number of aromatic amines is 1. The molecule has 2 N–H and O–H groups in total. The van der Waals surface area contributed by atoms with Crippen LogP contribution in [0.25, 0.3) is 10.9 Å². The summed E-state index contributed by atoms with van der Waals surface area (Å²) in [6, 6.07) is 8.20. The minimum absolute atomic E-state index is 0.0268. The van der Waals surface area contributed by atoms with E-state index in [2.05, 4.69) is 22.1 Å². The standard InChI is InChI=1S/C25H36N4O3/c1-18(28-11-3-4-12-28)7-10-26-24(30)15-19-8-13-29(14-9-19)25(31)23-16-20-5-6-21(32-2)17-22(20)27-23/h5-6,16-19,27H,3-4,7-15H2,1-2H3,(H,26,30)/t18-/m0/s1. The maximum absolute atomic E-state index is 12.9. The number of methoxy groups -OCH3 is 1. The topological polar surface area (TPSA) is 77.7 Å². The quantitative estimate of drug-likeness (QED) is 0.660. The molecule has 32 heavy (non-hydrogen) atoms. The summed E-state index contributed by atoms with van der Waals surface area (Å²) >= 11 is 0. The number of piperidine rings is 1. The SMILES string of the molecule is COc1ccc2cc(C(=O)N3CCC(CC(=O)NCC[C@H](C)N4CCCC4)CC3)[nH]c2c1. The van der Waals surface area contributed by atoms with Crippen LogP contribution in [0.4, 0.5) is 0 Å². The predicted octanol–water partition coefficient (Wildman–Crippen LogP) is 3.41. The van der Waals surface area contributed by atoms with Crippen LogP contribution in [0.2, 0.25) is 0 Å². The van der Waals surface area contributed by atoms with Gasteiger partial charge in [0.05, 0.1) is 7.11 Å². The first-order valence-corrected chi connectivity index (χ1v) is 12.0. The molecule has 2 amide bonds. The molecule has 0 bridgehead atoms. The van der Waals surface area contributed by atoms with Gasteiger partial charge in [-0.2, -0.15) is 0 Å². The molecule has 7 heteroatoms. The van der Waals surface area contributed by atoms with Gasteiger partial charge in [0.2, 0.25) is 5.91 Å². The van der Waals surface area contributed by atoms with E-state index in [1.54, 1.807) is 7.11 Å². The highest BCUT2D eigenvalue weighted by Gasteiger charge is 2.26. The van der Waals surface area contributed by atoms with Crippen LogP contribution in [0.5, 0.6) is 5.75 Å². The lowest BCUT2D eigenvalue weighted by Crippen LogP contribution is -2.40. The second-order valence-electron chi connectivity index (χ2n) is 9.31. The summed E-state index contributed by atoms with van der Waals surface area (Å²) < 4.78 is 5.26. The smallest absolute Gasteiger partial charge is 0.270 e. The van der Waals surface area contributed by atoms with E-state index in [4.69, 9.17) is 4.74 Å². The van der Waals surface area contributed by atoms with Crippen molar-refractivity contribution in [3.05, 3.63) is 30.0 Å². The fourth-order valence-electron chi connectivity index (χ4n) is 4.98. The molecular weight excluding hydrogens is 404 g/mol. The van der Waals surface area contributed by atoms with Crippen LogP contribution in [0.15, 0.2) is 24.3 Å². The number of fused-ring (bicyclic) bond motifs is 1. The Bertz CT molecular complexity index is 926. The predicted molar refractivity (Wildman–Crippen MR) is 126 cm³/mol. The van der Waals surface area contributed by atoms with Gasteiger partial charge in [0.1, 0.15) is 11.4 Å². The molecule has 2 aromatic rings. The van der Waals surface area contributed by atoms with Gasteiger partial charge in [-0.05, 0) is 76.2 Å². The number of H-pyrrole nitrogens is 1. The van der Waals surface area contributed by atoms with Gasteiger partial charge in [-0.1, -0.05) is 0 Å². The Labute approximate surface area is 190 Å². The molecule has 1 aromatic carbocycles. The minimum Gasteiger partial charge on any atom is -0.497 e. The van der Waals surface area contributed by atoms with Crippen molar-refractivity contribution in [1.82, 2.24) is 20.1 Å². The van der Waals surface area contributed by atoms with Gasteiger partial charge < -0.3 is 24.8 Å². The van der Waals surface area contributed by atoms with Crippen LogP contribution in [-0.4, -0.2) is 72.5 Å². The van der Waals surface area contributed by atoms with Gasteiger partial charge in [0, 0.05) is 49.1 Å². The Hall–Kier alpha value is -2.54. The first-order valence-electron chi connectivity index (χ1n) is 12.0. The molecule has 0 spiro atoms. The zero-order chi connectivity index (χ0) is 22.5. The third-order valence-electron chi connectivity index (χ3n) is 7.08. The summed E-state index contributed by atoms with van der Waals surface area (Å²) in [5, 5.41) is 4.11. The molecule has 0 unspecified atom stereocenters. The summed E-state index contributed by atoms with van der Waals surface area (Å²) in [5.41, 5.74) is 1.51. The number of rotatable bonds is 8. The van der Waals surface area contributed by atoms with Crippen LogP contribution in [-0.2, 0) is 4.79 Å². The van der Waals surface area contributed by atoms with E-state index in [1.807, 2.05) is 29.2 Å². The van der Waals surface area contributed by atoms with Gasteiger partial charge in [-0.15, -0.1) is 0 Å². The van der Waals surface area contributed by atoms with Crippen molar-refractivity contribution in [2.24, 2.45) is 5.92 Å². The van der Waals surface area contributed by atoms with Crippen LogP contribution in [0.3, 0.4) is 0 Å². The molecule has 2 aliphatic heterocycles. The van der Waals surface area contributed by atoms with Crippen molar-refractivity contribution in [2.45, 2.75) is 51.5 Å². The van der Waals surface area contributed by atoms with Crippen molar-refractivity contribution in [2.75, 3.05) is 39.8 Å². The van der Waals surface area contributed by atoms with E-state index in [0.29, 0.717) is 37.2 Å². The molecule has 1 aromatic heterocycles. The summed E-state index contributed by atoms with van der Waals surface area (Å²) in [7, 11) is 1.63. The van der Waals surface area contributed by atoms with Gasteiger partial charge in [0.25, 0.3) is 5.91 Å². The molecule has 0 saturated carbocycles. The highest BCUT2D eigenvalue weighted by Crippen LogP contribution is 2.25. The maximum atomic E-state index is 12.9. The van der Waals surface area contributed by atoms with E-state index in [9.17, 15) is 9.59 Å². The second-order valence-corrected chi connectivity index (χ2v) is 9.31. The molecule has 2 fully saturated rings. The lowest BCUT2D eigenvalue weighted by Gasteiger charge is -2.31. The summed E-state index contributed by atoms with van der Waals surface area (Å²) in [6.45, 7) is 6.79. The minimum atomic E-state index is 0.0268. The normalized spacial score (nSPS) is 18.8. The molecule has 7 nitrogen and oxygen atoms in total. The maximum Gasteiger partial charge on any atom is 0.270 e. The number of carbonyl (C=O) groups is 2. The fourth-order valence-corrected chi connectivity index (χ4v) is 4.98. The van der Waals surface area contributed by atoms with E-state index >= 15 is 0 Å². The first-order chi connectivity index (χ1) is 15.5. The van der Waals surface area contributed by atoms with Gasteiger partial charge in [-0.3, -0.25) is 9.59 Å². The molecule has 4 rings (SSSR count). The Kier molecular flexibility index (Phi) is 7.35. The Morgan fingerprint density at radius 1 is 1.16 bits per heavy atom. The Balaban J connectivity index is 1.20. The van der Waals surface area contributed by atoms with E-state index in [-0.39, 0.29) is 11.8 Å². The van der Waals surface area contributed by atoms with Crippen molar-refractivity contribution in [1.29, 1.82) is 0 Å². The lowest BCUT2D eigenvalue weighted by molar-refractivity contribution is -0.122. The van der Waals surface area contributed by atoms with Crippen LogP contribution >= 0.6 is 0 Å². The van der Waals surface area contributed by atoms with E-state index < -0.39 is 0 Å². The van der Waals surface area contributed by atoms with Crippen molar-refractivity contribution in [3.8, 4) is 5.75 Å². The van der Waals surface area contributed by atoms with Crippen LogP contribution in [0, 0.1) is 5.92 Å². The third kappa shape index (κ3) is 5.44. The van der Waals surface area contributed by atoms with Crippen molar-refractivity contribution >= 4 is 22.7 Å². The van der Waals surface area contributed by atoms with E-state index in [1.165, 1.54) is 25.9 Å². The number of carbonyl (C=O) groups excluding carboxylic acids is 2. The molecule has 2 saturated heterocycles. The molecular formula is C25H36N4O3. The van der Waals surface area contributed by atoms with Crippen LogP contribution < -0.4 is 10.1 Å². The second kappa shape index (κ2) is 10.4. The van der Waals surface area contributed by atoms with Gasteiger partial charge >= 0.3 is 0 Å². The number of aromatic nitrogens is 1. The number of likely N-dealkylation sites (tertiary alicyclic amines) is 2. The average molecular weight is 441 g/mol. The number of hydrogen-bond acceptors (Lipinski definition) is 4. The van der Waals surface area contributed by atoms with E-state index in [0.717, 1.165) is 42.5 Å². The number of amides is 2. The highest BCUT2D eigenvalue weighted by atomic mass is 16.5. The van der Waals surface area contributed by atoms with Crippen molar-refractivity contribution in [3.63, 3.8) is 0 Å². The molecule has 0 aliphatic carbocycles. The number of hydrogen-bond donors (Lipinski definition) is 2. The summed E-state index contributed by atoms with van der Waals surface area (Å²) in [6.07, 6.45) is 5.91. The molecule has 2 aliphatic rings. The zero-order valence-electron chi connectivity index (χ0n) is 19.4. The molecule has 3 heterocycles. The first kappa shape index (κ1) is 22.6. The molecule has 174 valence electrons. The molecule has 0 radical (unpaired) electrons. The summed E-state index contributed by atoms with van der Waals surface area (Å²) in [4.78, 5) is 33.0. The van der Waals surface area contributed by atoms with Crippen LogP contribution in [0.1, 0.15) is 55.9 Å². The third-order valence-corrected chi connectivity index (χ3v) is 7.08. The largest absolute Gasteiger partial charge is 0.497 e. The lowest BCUT2D eigenvalue weighted by atomic mass is 9.93. The Morgan fingerprint density at radius 2 is 1.91 bits per heavy atom.